The Hall–Kier alpha value is -4.03. The summed E-state index contributed by atoms with van der Waals surface area (Å²) in [4.78, 5) is 70.0. The average molecular weight is 815 g/mol. The maximum absolute atomic E-state index is 11.6. The average Bonchev–Trinajstić information content (AvgIpc) is 3.18. The molecule has 0 radical (unpaired) electrons. The third-order valence-corrected chi connectivity index (χ3v) is 7.93. The summed E-state index contributed by atoms with van der Waals surface area (Å²) in [6.07, 6.45) is 4.55. The summed E-state index contributed by atoms with van der Waals surface area (Å²) in [5.74, 6) is 5.24. The smallest absolute Gasteiger partial charge is 0.424 e. The molecule has 2 amide bonds. The zero-order chi connectivity index (χ0) is 45.4. The van der Waals surface area contributed by atoms with E-state index in [0.717, 1.165) is 17.0 Å². The van der Waals surface area contributed by atoms with Crippen LogP contribution in [-0.4, -0.2) is 103 Å². The molecule has 4 unspecified atom stereocenters. The summed E-state index contributed by atoms with van der Waals surface area (Å²) >= 11 is 0. The van der Waals surface area contributed by atoms with Crippen LogP contribution >= 0.6 is 0 Å². The Balaban J connectivity index is -0.000000314. The monoisotopic (exact) mass is 815 g/mol. The minimum absolute atomic E-state index is 0.0163. The van der Waals surface area contributed by atoms with Gasteiger partial charge in [-0.05, 0) is 69.4 Å². The van der Waals surface area contributed by atoms with Crippen LogP contribution in [0.25, 0.3) is 0 Å². The Kier molecular flexibility index (Phi) is 36.8. The standard InChI is InChI=1S/C12H18N2O.C10H19NO3.C7H15NO2.C6H14N2O.C5H12N2O2/c1-9(2)12(13)11(15)6-5-10-4-3-7-14-8-10;1-4-14-9(13)6-5-8(12)10(11)7(2)3;1-4-10-7(9)6(8)5(2)3;1-4(2)5(7)6(9)8-3;1-4(2)7(6)5(8)9-3/h3-4,7-9,12H,5-6,13H2,1-2H3;7,10H,4-6,11H2,1-3H3;5-6H,4,8H2,1-3H3;4-5H,7H2,1-3H3,(H,8,9);4H,6H2,1-3H3. The molecule has 0 spiro atoms. The topological polar surface area (TPSA) is 288 Å². The molecule has 4 atom stereocenters. The third kappa shape index (κ3) is 31.7. The van der Waals surface area contributed by atoms with E-state index in [1.54, 1.807) is 47.1 Å². The van der Waals surface area contributed by atoms with E-state index >= 15 is 0 Å². The summed E-state index contributed by atoms with van der Waals surface area (Å²) < 4.78 is 13.7. The lowest BCUT2D eigenvalue weighted by molar-refractivity contribution is -0.146. The van der Waals surface area contributed by atoms with Crippen molar-refractivity contribution in [1.82, 2.24) is 15.3 Å². The van der Waals surface area contributed by atoms with Crippen LogP contribution in [0.4, 0.5) is 4.79 Å². The molecule has 0 aromatic carbocycles. The molecule has 0 aliphatic heterocycles. The number of hydrogen-bond donors (Lipinski definition) is 6. The van der Waals surface area contributed by atoms with E-state index in [9.17, 15) is 28.8 Å². The van der Waals surface area contributed by atoms with E-state index in [-0.39, 0.29) is 84.1 Å². The Morgan fingerprint density at radius 1 is 0.702 bits per heavy atom. The Bertz CT molecular complexity index is 1220. The number of carbonyl (C=O) groups is 6. The van der Waals surface area contributed by atoms with Gasteiger partial charge in [0.1, 0.15) is 17.6 Å². The van der Waals surface area contributed by atoms with Gasteiger partial charge in [0.25, 0.3) is 0 Å². The number of hydrogen-bond acceptors (Lipinski definition) is 15. The summed E-state index contributed by atoms with van der Waals surface area (Å²) in [5.41, 5.74) is 23.4. The Labute approximate surface area is 342 Å². The quantitative estimate of drug-likeness (QED) is 0.0433. The van der Waals surface area contributed by atoms with E-state index in [2.05, 4.69) is 15.0 Å². The number of rotatable bonds is 17. The minimum atomic E-state index is -0.509. The van der Waals surface area contributed by atoms with Crippen LogP contribution in [0.5, 0.6) is 0 Å². The summed E-state index contributed by atoms with van der Waals surface area (Å²) in [5, 5.41) is 3.51. The van der Waals surface area contributed by atoms with Crippen LogP contribution in [0.1, 0.15) is 108 Å². The van der Waals surface area contributed by atoms with Crippen molar-refractivity contribution < 1.29 is 43.0 Å². The third-order valence-electron chi connectivity index (χ3n) is 7.93. The number of likely N-dealkylation sites (N-methyl/N-ethyl adjacent to an activating group) is 1. The molecule has 0 aliphatic rings. The first-order valence-electron chi connectivity index (χ1n) is 19.5. The maximum Gasteiger partial charge on any atom is 0.424 e. The van der Waals surface area contributed by atoms with Gasteiger partial charge >= 0.3 is 18.0 Å². The van der Waals surface area contributed by atoms with Crippen LogP contribution in [0.15, 0.2) is 24.5 Å². The highest BCUT2D eigenvalue weighted by Gasteiger charge is 2.19. The molecule has 0 aliphatic carbocycles. The molecule has 0 saturated heterocycles. The number of ketones is 2. The van der Waals surface area contributed by atoms with Gasteiger partial charge in [-0.1, -0.05) is 61.5 Å². The van der Waals surface area contributed by atoms with Gasteiger partial charge in [0.15, 0.2) is 0 Å². The highest BCUT2D eigenvalue weighted by Crippen LogP contribution is 2.07. The van der Waals surface area contributed by atoms with Crippen molar-refractivity contribution in [1.29, 1.82) is 0 Å². The lowest BCUT2D eigenvalue weighted by Gasteiger charge is -2.18. The van der Waals surface area contributed by atoms with Crippen molar-refractivity contribution >= 4 is 35.5 Å². The van der Waals surface area contributed by atoms with Crippen molar-refractivity contribution in [2.75, 3.05) is 27.4 Å². The fraction of sp³-hybridized carbons (Fsp3) is 0.725. The van der Waals surface area contributed by atoms with Crippen LogP contribution in [0, 0.1) is 23.7 Å². The summed E-state index contributed by atoms with van der Waals surface area (Å²) in [6.45, 7) is 23.2. The van der Waals surface area contributed by atoms with Crippen LogP contribution < -0.4 is 34.1 Å². The number of amides is 2. The van der Waals surface area contributed by atoms with Crippen molar-refractivity contribution in [3.8, 4) is 0 Å². The lowest BCUT2D eigenvalue weighted by Crippen LogP contribution is -2.42. The first-order valence-corrected chi connectivity index (χ1v) is 19.5. The molecular weight excluding hydrogens is 736 g/mol. The van der Waals surface area contributed by atoms with Crippen molar-refractivity contribution in [2.24, 2.45) is 52.4 Å². The number of esters is 2. The van der Waals surface area contributed by atoms with Crippen LogP contribution in [-0.2, 0) is 44.6 Å². The summed E-state index contributed by atoms with van der Waals surface area (Å²) in [6, 6.07) is 2.20. The maximum atomic E-state index is 11.6. The predicted molar refractivity (Wildman–Crippen MR) is 224 cm³/mol. The van der Waals surface area contributed by atoms with Crippen molar-refractivity contribution in [3.63, 3.8) is 0 Å². The van der Waals surface area contributed by atoms with Crippen molar-refractivity contribution in [3.05, 3.63) is 30.1 Å². The lowest BCUT2D eigenvalue weighted by atomic mass is 9.97. The number of carbonyl (C=O) groups excluding carboxylic acids is 6. The number of aromatic nitrogens is 1. The van der Waals surface area contributed by atoms with E-state index in [4.69, 9.17) is 38.3 Å². The molecule has 11 N–H and O–H groups in total. The van der Waals surface area contributed by atoms with E-state index in [1.165, 1.54) is 7.11 Å². The SMILES string of the molecule is CC(C)C(N)C(=O)CCc1cccnc1.CCOC(=O)C(N)C(C)C.CCOC(=O)CCC(=O)C(N)C(C)C.CNC(=O)C(N)C(C)C.COC(=O)N(N)C(C)C. The number of Topliss-reactive ketones (excluding diaryl/α,β-unsaturated/α-hetero) is 2. The number of nitrogens with zero attached hydrogens (tertiary/aromatic N) is 2. The second-order valence-corrected chi connectivity index (χ2v) is 14.5. The summed E-state index contributed by atoms with van der Waals surface area (Å²) in [7, 11) is 2.88. The largest absolute Gasteiger partial charge is 0.466 e. The number of pyridine rings is 1. The van der Waals surface area contributed by atoms with E-state index in [0.29, 0.717) is 19.6 Å². The van der Waals surface area contributed by atoms with Gasteiger partial charge in [-0.3, -0.25) is 29.0 Å². The van der Waals surface area contributed by atoms with Gasteiger partial charge in [0, 0.05) is 38.3 Å². The molecule has 1 rings (SSSR count). The zero-order valence-corrected chi connectivity index (χ0v) is 37.2. The molecule has 0 fully saturated rings. The van der Waals surface area contributed by atoms with E-state index < -0.39 is 18.2 Å². The molecule has 57 heavy (non-hydrogen) atoms. The van der Waals surface area contributed by atoms with Crippen molar-refractivity contribution in [2.45, 2.75) is 139 Å². The molecule has 332 valence electrons. The molecule has 0 saturated carbocycles. The van der Waals surface area contributed by atoms with Crippen LogP contribution in [0.3, 0.4) is 0 Å². The zero-order valence-electron chi connectivity index (χ0n) is 37.2. The number of methoxy groups -OCH3 is 1. The van der Waals surface area contributed by atoms with Gasteiger partial charge in [0.05, 0.1) is 44.9 Å². The van der Waals surface area contributed by atoms with Gasteiger partial charge < -0.3 is 42.5 Å². The highest BCUT2D eigenvalue weighted by molar-refractivity contribution is 5.87. The fourth-order valence-electron chi connectivity index (χ4n) is 3.65. The Morgan fingerprint density at radius 2 is 1.16 bits per heavy atom. The number of aryl methyl sites for hydroxylation is 1. The first kappa shape index (κ1) is 59.7. The molecule has 17 heteroatoms. The normalized spacial score (nSPS) is 12.4. The molecule has 1 heterocycles. The first-order chi connectivity index (χ1) is 26.4. The molecule has 17 nitrogen and oxygen atoms in total. The van der Waals surface area contributed by atoms with Gasteiger partial charge in [0.2, 0.25) is 5.91 Å². The number of nitrogens with one attached hydrogen (secondary N) is 1. The molecule has 1 aromatic heterocycles. The van der Waals surface area contributed by atoms with Gasteiger partial charge in [-0.25, -0.2) is 15.6 Å². The fourth-order valence-corrected chi connectivity index (χ4v) is 3.65. The van der Waals surface area contributed by atoms with Crippen LogP contribution in [0.2, 0.25) is 0 Å². The van der Waals surface area contributed by atoms with E-state index in [1.807, 2.05) is 67.5 Å². The number of ether oxygens (including phenoxy) is 3. The second-order valence-electron chi connectivity index (χ2n) is 14.5. The minimum Gasteiger partial charge on any atom is -0.466 e. The molecule has 0 bridgehead atoms. The number of nitrogens with two attached hydrogens (primary N) is 5. The Morgan fingerprint density at radius 3 is 1.47 bits per heavy atom. The molecular formula is C40H78N8O9. The number of hydrazine groups is 1. The predicted octanol–water partition coefficient (Wildman–Crippen LogP) is 3.03. The van der Waals surface area contributed by atoms with Gasteiger partial charge in [-0.15, -0.1) is 0 Å². The van der Waals surface area contributed by atoms with Gasteiger partial charge in [-0.2, -0.15) is 0 Å². The highest BCUT2D eigenvalue weighted by atomic mass is 16.5. The molecule has 1 aromatic rings. The second kappa shape index (κ2) is 35.2.